The Kier molecular flexibility index (Phi) is 3.38. The molecule has 1 aromatic rings. The maximum atomic E-state index is 11.9. The molecule has 2 heterocycles. The number of thiocarbonyl (C=S) groups is 1. The lowest BCUT2D eigenvalue weighted by Gasteiger charge is -2.38. The van der Waals surface area contributed by atoms with Gasteiger partial charge in [0.25, 0.3) is 0 Å². The van der Waals surface area contributed by atoms with Gasteiger partial charge in [0, 0.05) is 24.3 Å². The Morgan fingerprint density at radius 3 is 3.05 bits per heavy atom. The predicted molar refractivity (Wildman–Crippen MR) is 83.9 cm³/mol. The summed E-state index contributed by atoms with van der Waals surface area (Å²) in [7, 11) is 0. The Morgan fingerprint density at radius 2 is 2.30 bits per heavy atom. The summed E-state index contributed by atoms with van der Waals surface area (Å²) in [5.41, 5.74) is 9.00. The van der Waals surface area contributed by atoms with Crippen LogP contribution in [0.1, 0.15) is 24.0 Å². The number of benzene rings is 1. The molecule has 2 aliphatic heterocycles. The van der Waals surface area contributed by atoms with Crippen molar-refractivity contribution in [3.63, 3.8) is 0 Å². The van der Waals surface area contributed by atoms with Crippen LogP contribution in [0.5, 0.6) is 0 Å². The number of piperidine rings is 1. The fourth-order valence-corrected chi connectivity index (χ4v) is 3.51. The number of rotatable bonds is 2. The summed E-state index contributed by atoms with van der Waals surface area (Å²) in [5.74, 6) is 0.285. The molecule has 0 saturated carbocycles. The minimum Gasteiger partial charge on any atom is -0.389 e. The Morgan fingerprint density at radius 1 is 1.50 bits per heavy atom. The number of hydrogen-bond donors (Lipinski definition) is 2. The molecule has 0 spiro atoms. The number of aryl methyl sites for hydroxylation is 1. The van der Waals surface area contributed by atoms with E-state index < -0.39 is 0 Å². The Labute approximate surface area is 124 Å². The quantitative estimate of drug-likeness (QED) is 0.807. The average molecular weight is 289 g/mol. The van der Waals surface area contributed by atoms with Crippen molar-refractivity contribution < 1.29 is 4.79 Å². The van der Waals surface area contributed by atoms with E-state index in [1.807, 2.05) is 13.0 Å². The van der Waals surface area contributed by atoms with Crippen molar-refractivity contribution in [3.05, 3.63) is 29.3 Å². The van der Waals surface area contributed by atoms with Crippen LogP contribution in [0, 0.1) is 12.8 Å². The van der Waals surface area contributed by atoms with Crippen molar-refractivity contribution in [2.24, 2.45) is 11.7 Å². The third-order valence-corrected chi connectivity index (χ3v) is 4.55. The fourth-order valence-electron chi connectivity index (χ4n) is 3.35. The number of nitrogens with one attached hydrogen (secondary N) is 1. The van der Waals surface area contributed by atoms with Crippen LogP contribution in [-0.2, 0) is 4.79 Å². The molecule has 2 atom stereocenters. The van der Waals surface area contributed by atoms with Gasteiger partial charge in [-0.1, -0.05) is 23.8 Å². The highest BCUT2D eigenvalue weighted by atomic mass is 32.1. The highest BCUT2D eigenvalue weighted by molar-refractivity contribution is 7.80. The van der Waals surface area contributed by atoms with Gasteiger partial charge in [-0.15, -0.1) is 0 Å². The van der Waals surface area contributed by atoms with E-state index in [0.29, 0.717) is 11.5 Å². The molecule has 4 nitrogen and oxygen atoms in total. The second-order valence-corrected chi connectivity index (χ2v) is 6.08. The van der Waals surface area contributed by atoms with Crippen LogP contribution in [0.4, 0.5) is 5.69 Å². The first-order chi connectivity index (χ1) is 9.58. The molecule has 2 aliphatic rings. The predicted octanol–water partition coefficient (Wildman–Crippen LogP) is 1.34. The molecule has 2 unspecified atom stereocenters. The van der Waals surface area contributed by atoms with Gasteiger partial charge in [-0.2, -0.15) is 0 Å². The number of fused-ring (bicyclic) bond motifs is 1. The zero-order valence-electron chi connectivity index (χ0n) is 11.6. The van der Waals surface area contributed by atoms with E-state index in [-0.39, 0.29) is 17.9 Å². The van der Waals surface area contributed by atoms with E-state index in [1.54, 1.807) is 0 Å². The van der Waals surface area contributed by atoms with Crippen molar-refractivity contribution >= 4 is 28.8 Å². The van der Waals surface area contributed by atoms with Gasteiger partial charge in [0.2, 0.25) is 5.91 Å². The molecule has 0 aromatic heterocycles. The lowest BCUT2D eigenvalue weighted by Crippen LogP contribution is -2.46. The third-order valence-electron chi connectivity index (χ3n) is 4.33. The van der Waals surface area contributed by atoms with Crippen LogP contribution >= 0.6 is 12.2 Å². The van der Waals surface area contributed by atoms with Crippen LogP contribution in [0.15, 0.2) is 18.2 Å². The number of amides is 1. The molecule has 0 bridgehead atoms. The maximum Gasteiger partial charge on any atom is 0.225 e. The summed E-state index contributed by atoms with van der Waals surface area (Å²) >= 11 is 5.19. The minimum absolute atomic E-state index is 0.101. The maximum absolute atomic E-state index is 11.9. The van der Waals surface area contributed by atoms with E-state index >= 15 is 0 Å². The normalized spacial score (nSPS) is 25.2. The van der Waals surface area contributed by atoms with Crippen molar-refractivity contribution in [2.75, 3.05) is 18.0 Å². The molecule has 106 valence electrons. The van der Waals surface area contributed by atoms with Crippen molar-refractivity contribution in [1.29, 1.82) is 0 Å². The van der Waals surface area contributed by atoms with Crippen molar-refractivity contribution in [1.82, 2.24) is 5.32 Å². The van der Waals surface area contributed by atoms with Gasteiger partial charge in [-0.3, -0.25) is 4.79 Å². The molecule has 20 heavy (non-hydrogen) atoms. The van der Waals surface area contributed by atoms with Crippen LogP contribution < -0.4 is 16.0 Å². The topological polar surface area (TPSA) is 58.4 Å². The van der Waals surface area contributed by atoms with E-state index in [1.165, 1.54) is 0 Å². The number of anilines is 1. The molecular formula is C15H19N3OS. The van der Waals surface area contributed by atoms with E-state index in [9.17, 15) is 4.79 Å². The second-order valence-electron chi connectivity index (χ2n) is 5.64. The average Bonchev–Trinajstić information content (AvgIpc) is 2.81. The van der Waals surface area contributed by atoms with Crippen LogP contribution in [-0.4, -0.2) is 30.0 Å². The molecule has 3 N–H and O–H groups in total. The SMILES string of the molecule is Cc1ccc(N2CCCC3C(=O)NCC32)c(C(N)=S)c1. The molecule has 2 fully saturated rings. The summed E-state index contributed by atoms with van der Waals surface area (Å²) in [4.78, 5) is 14.6. The fraction of sp³-hybridized carbons (Fsp3) is 0.467. The minimum atomic E-state index is 0.101. The van der Waals surface area contributed by atoms with Gasteiger partial charge in [-0.25, -0.2) is 0 Å². The first-order valence-electron chi connectivity index (χ1n) is 7.03. The van der Waals surface area contributed by atoms with E-state index in [2.05, 4.69) is 22.3 Å². The van der Waals surface area contributed by atoms with Crippen molar-refractivity contribution in [2.45, 2.75) is 25.8 Å². The number of nitrogens with two attached hydrogens (primary N) is 1. The summed E-state index contributed by atoms with van der Waals surface area (Å²) in [6, 6.07) is 6.41. The molecule has 3 rings (SSSR count). The number of carbonyl (C=O) groups excluding carboxylic acids is 1. The lowest BCUT2D eigenvalue weighted by molar-refractivity contribution is -0.122. The molecular weight excluding hydrogens is 270 g/mol. The zero-order valence-corrected chi connectivity index (χ0v) is 12.4. The van der Waals surface area contributed by atoms with Gasteiger partial charge in [0.1, 0.15) is 4.99 Å². The van der Waals surface area contributed by atoms with Crippen LogP contribution in [0.25, 0.3) is 0 Å². The van der Waals surface area contributed by atoms with Gasteiger partial charge in [0.15, 0.2) is 0 Å². The van der Waals surface area contributed by atoms with Crippen molar-refractivity contribution in [3.8, 4) is 0 Å². The number of nitrogens with zero attached hydrogens (tertiary/aromatic N) is 1. The number of carbonyl (C=O) groups is 1. The molecule has 2 saturated heterocycles. The van der Waals surface area contributed by atoms with E-state index in [0.717, 1.165) is 36.2 Å². The summed E-state index contributed by atoms with van der Waals surface area (Å²) in [6.07, 6.45) is 2.00. The van der Waals surface area contributed by atoms with Crippen LogP contribution in [0.3, 0.4) is 0 Å². The first kappa shape index (κ1) is 13.4. The van der Waals surface area contributed by atoms with Gasteiger partial charge in [-0.05, 0) is 31.9 Å². The third kappa shape index (κ3) is 2.16. The summed E-state index contributed by atoms with van der Waals surface area (Å²) in [5, 5.41) is 2.98. The monoisotopic (exact) mass is 289 g/mol. The second kappa shape index (κ2) is 5.05. The van der Waals surface area contributed by atoms with E-state index in [4.69, 9.17) is 18.0 Å². The van der Waals surface area contributed by atoms with Gasteiger partial charge >= 0.3 is 0 Å². The summed E-state index contributed by atoms with van der Waals surface area (Å²) in [6.45, 7) is 3.70. The highest BCUT2D eigenvalue weighted by Gasteiger charge is 2.41. The molecule has 0 radical (unpaired) electrons. The lowest BCUT2D eigenvalue weighted by atomic mass is 9.90. The standard InChI is InChI=1S/C15H19N3OS/c1-9-4-5-12(11(7-9)14(16)20)18-6-2-3-10-13(18)8-17-15(10)19/h4-5,7,10,13H,2-3,6,8H2,1H3,(H2,16,20)(H,17,19). The van der Waals surface area contributed by atoms with Gasteiger partial charge < -0.3 is 16.0 Å². The molecule has 5 heteroatoms. The highest BCUT2D eigenvalue weighted by Crippen LogP contribution is 2.33. The van der Waals surface area contributed by atoms with Gasteiger partial charge in [0.05, 0.1) is 12.0 Å². The Balaban J connectivity index is 2.00. The largest absolute Gasteiger partial charge is 0.389 e. The molecule has 0 aliphatic carbocycles. The van der Waals surface area contributed by atoms with Crippen LogP contribution in [0.2, 0.25) is 0 Å². The smallest absolute Gasteiger partial charge is 0.225 e. The molecule has 1 aromatic carbocycles. The summed E-state index contributed by atoms with van der Waals surface area (Å²) < 4.78 is 0. The first-order valence-corrected chi connectivity index (χ1v) is 7.43. The Bertz CT molecular complexity index is 572. The molecule has 1 amide bonds. The Hall–Kier alpha value is -1.62. The zero-order chi connectivity index (χ0) is 14.3. The number of hydrogen-bond acceptors (Lipinski definition) is 3.